The van der Waals surface area contributed by atoms with Crippen LogP contribution in [0.15, 0.2) is 54.6 Å². The molecule has 0 heterocycles. The van der Waals surface area contributed by atoms with Crippen molar-refractivity contribution in [1.82, 2.24) is 0 Å². The first-order chi connectivity index (χ1) is 12.0. The first kappa shape index (κ1) is 19.5. The Morgan fingerprint density at radius 3 is 2.16 bits per heavy atom. The minimum atomic E-state index is -3.91. The van der Waals surface area contributed by atoms with Crippen LogP contribution in [-0.2, 0) is 13.8 Å². The molecule has 2 unspecified atom stereocenters. The molecule has 0 bridgehead atoms. The zero-order valence-electron chi connectivity index (χ0n) is 14.9. The summed E-state index contributed by atoms with van der Waals surface area (Å²) in [5, 5.41) is 0. The smallest absolute Gasteiger partial charge is 0.395 e. The van der Waals surface area contributed by atoms with Crippen molar-refractivity contribution in [3.05, 3.63) is 60.2 Å². The van der Waals surface area contributed by atoms with Crippen molar-refractivity contribution in [2.24, 2.45) is 0 Å². The van der Waals surface area contributed by atoms with Crippen LogP contribution < -0.4 is 9.05 Å². The van der Waals surface area contributed by atoms with E-state index in [0.717, 1.165) is 18.4 Å². The maximum atomic E-state index is 13.1. The molecule has 2 aromatic carbocycles. The maximum Gasteiger partial charge on any atom is 0.589 e. The third-order valence-electron chi connectivity index (χ3n) is 3.33. The number of ether oxygens (including phenoxy) is 1. The van der Waals surface area contributed by atoms with Crippen LogP contribution in [0.25, 0.3) is 0 Å². The summed E-state index contributed by atoms with van der Waals surface area (Å²) in [5.74, 6) is 0.810. The van der Waals surface area contributed by atoms with Crippen molar-refractivity contribution >= 4 is 7.82 Å². The molecule has 136 valence electrons. The van der Waals surface area contributed by atoms with Crippen molar-refractivity contribution < 1.29 is 22.9 Å². The normalized spacial score (nSPS) is 14.5. The SMILES string of the molecule is CCCCOC(C)OP(=O)(Oc1ccccc1)Oc1ccc(C)cc1. The lowest BCUT2D eigenvalue weighted by atomic mass is 10.2. The van der Waals surface area contributed by atoms with Gasteiger partial charge in [0.05, 0.1) is 0 Å². The Kier molecular flexibility index (Phi) is 7.51. The Hall–Kier alpha value is -1.81. The third-order valence-corrected chi connectivity index (χ3v) is 4.75. The van der Waals surface area contributed by atoms with Gasteiger partial charge in [-0.15, -0.1) is 0 Å². The van der Waals surface area contributed by atoms with E-state index in [-0.39, 0.29) is 0 Å². The molecule has 0 fully saturated rings. The molecule has 0 aromatic heterocycles. The second-order valence-corrected chi connectivity index (χ2v) is 7.12. The van der Waals surface area contributed by atoms with Crippen LogP contribution in [0.1, 0.15) is 32.3 Å². The Morgan fingerprint density at radius 1 is 0.960 bits per heavy atom. The first-order valence-corrected chi connectivity index (χ1v) is 9.88. The van der Waals surface area contributed by atoms with Crippen molar-refractivity contribution in [3.63, 3.8) is 0 Å². The molecule has 25 heavy (non-hydrogen) atoms. The summed E-state index contributed by atoms with van der Waals surface area (Å²) in [6.07, 6.45) is 1.19. The van der Waals surface area contributed by atoms with Gasteiger partial charge in [0.1, 0.15) is 11.5 Å². The monoisotopic (exact) mass is 364 g/mol. The summed E-state index contributed by atoms with van der Waals surface area (Å²) in [7, 11) is -3.91. The van der Waals surface area contributed by atoms with Crippen molar-refractivity contribution in [2.75, 3.05) is 6.61 Å². The minimum absolute atomic E-state index is 0.402. The summed E-state index contributed by atoms with van der Waals surface area (Å²) in [6.45, 7) is 6.23. The number of phosphoric ester groups is 1. The number of hydrogen-bond donors (Lipinski definition) is 0. The van der Waals surface area contributed by atoms with Gasteiger partial charge < -0.3 is 13.8 Å². The second-order valence-electron chi connectivity index (χ2n) is 5.65. The summed E-state index contributed by atoms with van der Waals surface area (Å²) in [6, 6.07) is 16.0. The number of para-hydroxylation sites is 1. The fourth-order valence-corrected chi connectivity index (χ4v) is 3.31. The number of unbranched alkanes of at least 4 members (excludes halogenated alkanes) is 1. The molecule has 0 amide bonds. The molecular formula is C19H25O5P. The van der Waals surface area contributed by atoms with Crippen LogP contribution in [0.3, 0.4) is 0 Å². The fourth-order valence-electron chi connectivity index (χ4n) is 2.01. The van der Waals surface area contributed by atoms with Crippen molar-refractivity contribution in [3.8, 4) is 11.5 Å². The molecule has 6 heteroatoms. The molecule has 0 spiro atoms. The molecule has 0 N–H and O–H groups in total. The Labute approximate surface area is 149 Å². The summed E-state index contributed by atoms with van der Waals surface area (Å²) < 4.78 is 35.3. The van der Waals surface area contributed by atoms with Crippen LogP contribution in [0.5, 0.6) is 11.5 Å². The van der Waals surface area contributed by atoms with E-state index in [4.69, 9.17) is 18.3 Å². The van der Waals surface area contributed by atoms with Crippen LogP contribution in [-0.4, -0.2) is 12.9 Å². The second kappa shape index (κ2) is 9.62. The topological polar surface area (TPSA) is 54.0 Å². The Balaban J connectivity index is 2.11. The van der Waals surface area contributed by atoms with Crippen LogP contribution in [0.2, 0.25) is 0 Å². The van der Waals surface area contributed by atoms with E-state index in [1.165, 1.54) is 0 Å². The number of benzene rings is 2. The highest BCUT2D eigenvalue weighted by Gasteiger charge is 2.33. The van der Waals surface area contributed by atoms with Crippen LogP contribution >= 0.6 is 7.82 Å². The number of rotatable bonds is 10. The molecule has 0 saturated heterocycles. The lowest BCUT2D eigenvalue weighted by molar-refractivity contribution is -0.0778. The summed E-state index contributed by atoms with van der Waals surface area (Å²) >= 11 is 0. The molecule has 5 nitrogen and oxygen atoms in total. The molecule has 0 radical (unpaired) electrons. The van der Waals surface area contributed by atoms with Crippen molar-refractivity contribution in [2.45, 2.75) is 39.9 Å². The average molecular weight is 364 g/mol. The minimum Gasteiger partial charge on any atom is -0.395 e. The zero-order valence-corrected chi connectivity index (χ0v) is 15.8. The Morgan fingerprint density at radius 2 is 1.56 bits per heavy atom. The fraction of sp³-hybridized carbons (Fsp3) is 0.368. The third kappa shape index (κ3) is 6.91. The highest BCUT2D eigenvalue weighted by molar-refractivity contribution is 7.49. The largest absolute Gasteiger partial charge is 0.589 e. The van der Waals surface area contributed by atoms with Gasteiger partial charge in [0.2, 0.25) is 0 Å². The van der Waals surface area contributed by atoms with Gasteiger partial charge in [0.25, 0.3) is 0 Å². The number of hydrogen-bond acceptors (Lipinski definition) is 5. The van der Waals surface area contributed by atoms with Gasteiger partial charge in [-0.25, -0.2) is 9.09 Å². The van der Waals surface area contributed by atoms with Crippen LogP contribution in [0, 0.1) is 6.92 Å². The summed E-state index contributed by atoms with van der Waals surface area (Å²) in [5.41, 5.74) is 1.07. The van der Waals surface area contributed by atoms with E-state index < -0.39 is 14.1 Å². The van der Waals surface area contributed by atoms with Gasteiger partial charge in [-0.05, 0) is 44.5 Å². The molecule has 2 rings (SSSR count). The highest BCUT2D eigenvalue weighted by Crippen LogP contribution is 2.50. The zero-order chi connectivity index (χ0) is 18.1. The molecule has 0 aliphatic rings. The van der Waals surface area contributed by atoms with E-state index >= 15 is 0 Å². The van der Waals surface area contributed by atoms with Crippen LogP contribution in [0.4, 0.5) is 0 Å². The van der Waals surface area contributed by atoms with E-state index in [1.54, 1.807) is 43.3 Å². The van der Waals surface area contributed by atoms with Gasteiger partial charge in [-0.3, -0.25) is 0 Å². The predicted molar refractivity (Wildman–Crippen MR) is 97.9 cm³/mol. The van der Waals surface area contributed by atoms with Gasteiger partial charge in [0, 0.05) is 6.61 Å². The summed E-state index contributed by atoms with van der Waals surface area (Å²) in [4.78, 5) is 0. The average Bonchev–Trinajstić information content (AvgIpc) is 2.58. The van der Waals surface area contributed by atoms with E-state index in [0.29, 0.717) is 18.1 Å². The Bertz CT molecular complexity index is 672. The molecule has 0 aliphatic carbocycles. The van der Waals surface area contributed by atoms with Gasteiger partial charge >= 0.3 is 7.82 Å². The number of aryl methyl sites for hydroxylation is 1. The molecule has 0 aliphatic heterocycles. The van der Waals surface area contributed by atoms with E-state index in [9.17, 15) is 4.57 Å². The standard InChI is InChI=1S/C19H25O5P/c1-4-5-15-21-17(3)22-25(20,23-18-9-7-6-8-10-18)24-19-13-11-16(2)12-14-19/h6-14,17H,4-5,15H2,1-3H3. The predicted octanol–water partition coefficient (Wildman–Crippen LogP) is 5.74. The molecular weight excluding hydrogens is 339 g/mol. The van der Waals surface area contributed by atoms with E-state index in [2.05, 4.69) is 6.92 Å². The first-order valence-electron chi connectivity index (χ1n) is 8.42. The van der Waals surface area contributed by atoms with Gasteiger partial charge in [-0.2, -0.15) is 0 Å². The number of phosphoric acid groups is 1. The quantitative estimate of drug-likeness (QED) is 0.306. The highest BCUT2D eigenvalue weighted by atomic mass is 31.2. The lowest BCUT2D eigenvalue weighted by Gasteiger charge is -2.22. The maximum absolute atomic E-state index is 13.1. The van der Waals surface area contributed by atoms with Crippen molar-refractivity contribution in [1.29, 1.82) is 0 Å². The van der Waals surface area contributed by atoms with Gasteiger partial charge in [0.15, 0.2) is 6.29 Å². The molecule has 2 atom stereocenters. The molecule has 2 aromatic rings. The van der Waals surface area contributed by atoms with E-state index in [1.807, 2.05) is 25.1 Å². The van der Waals surface area contributed by atoms with Gasteiger partial charge in [-0.1, -0.05) is 49.2 Å². The lowest BCUT2D eigenvalue weighted by Crippen LogP contribution is -2.16. The molecule has 0 saturated carbocycles.